The Labute approximate surface area is 125 Å². The Morgan fingerprint density at radius 2 is 2.29 bits per heavy atom. The molecule has 5 heteroatoms. The molecule has 1 aromatic carbocycles. The van der Waals surface area contributed by atoms with Gasteiger partial charge < -0.3 is 14.8 Å². The summed E-state index contributed by atoms with van der Waals surface area (Å²) in [5.41, 5.74) is 2.56. The van der Waals surface area contributed by atoms with E-state index in [0.717, 1.165) is 49.1 Å². The second-order valence-electron chi connectivity index (χ2n) is 5.81. The summed E-state index contributed by atoms with van der Waals surface area (Å²) in [7, 11) is 2.13. The average molecular weight is 286 g/mol. The van der Waals surface area contributed by atoms with Gasteiger partial charge in [0.05, 0.1) is 17.4 Å². The van der Waals surface area contributed by atoms with Crippen LogP contribution in [-0.4, -0.2) is 58.4 Å². The molecular formula is C16H22N4O. The Morgan fingerprint density at radius 3 is 3.10 bits per heavy atom. The highest BCUT2D eigenvalue weighted by Gasteiger charge is 2.26. The molecule has 1 aliphatic rings. The Morgan fingerprint density at radius 1 is 1.43 bits per heavy atom. The van der Waals surface area contributed by atoms with Crippen LogP contribution in [0.3, 0.4) is 0 Å². The number of carbonyl (C=O) groups excluding carboxylic acids is 1. The van der Waals surface area contributed by atoms with E-state index in [0.29, 0.717) is 6.04 Å². The first-order valence-electron chi connectivity index (χ1n) is 7.61. The van der Waals surface area contributed by atoms with Crippen molar-refractivity contribution in [2.75, 3.05) is 26.7 Å². The molecule has 1 aliphatic heterocycles. The summed E-state index contributed by atoms with van der Waals surface area (Å²) >= 11 is 0. The largest absolute Gasteiger partial charge is 0.345 e. The number of benzene rings is 1. The summed E-state index contributed by atoms with van der Waals surface area (Å²) in [6.45, 7) is 5.00. The number of imidazole rings is 1. The number of aromatic nitrogens is 2. The Kier molecular flexibility index (Phi) is 3.92. The van der Waals surface area contributed by atoms with E-state index < -0.39 is 0 Å². The smallest absolute Gasteiger partial charge is 0.254 e. The minimum atomic E-state index is 0.133. The van der Waals surface area contributed by atoms with Crippen molar-refractivity contribution in [1.82, 2.24) is 19.8 Å². The fourth-order valence-corrected chi connectivity index (χ4v) is 3.09. The van der Waals surface area contributed by atoms with Gasteiger partial charge in [-0.05, 0) is 44.6 Å². The highest BCUT2D eigenvalue weighted by Crippen LogP contribution is 2.18. The number of carbonyl (C=O) groups is 1. The topological polar surface area (TPSA) is 52.2 Å². The zero-order chi connectivity index (χ0) is 14.8. The molecule has 1 unspecified atom stereocenters. The van der Waals surface area contributed by atoms with E-state index in [9.17, 15) is 4.79 Å². The first-order valence-corrected chi connectivity index (χ1v) is 7.61. The van der Waals surface area contributed by atoms with E-state index >= 15 is 0 Å². The lowest BCUT2D eigenvalue weighted by Gasteiger charge is -2.30. The molecule has 0 bridgehead atoms. The van der Waals surface area contributed by atoms with E-state index in [4.69, 9.17) is 0 Å². The SMILES string of the molecule is CCC1CN(C)CCCN1C(=O)c1ccc2nc[nH]c2c1. The summed E-state index contributed by atoms with van der Waals surface area (Å²) in [5.74, 6) is 0.133. The lowest BCUT2D eigenvalue weighted by Crippen LogP contribution is -2.43. The lowest BCUT2D eigenvalue weighted by atomic mass is 10.1. The maximum Gasteiger partial charge on any atom is 0.254 e. The predicted molar refractivity (Wildman–Crippen MR) is 83.3 cm³/mol. The fourth-order valence-electron chi connectivity index (χ4n) is 3.09. The number of hydrogen-bond donors (Lipinski definition) is 1. The molecule has 3 rings (SSSR count). The number of hydrogen-bond acceptors (Lipinski definition) is 3. The molecule has 0 aliphatic carbocycles. The highest BCUT2D eigenvalue weighted by molar-refractivity contribution is 5.97. The second kappa shape index (κ2) is 5.85. The summed E-state index contributed by atoms with van der Waals surface area (Å²) in [5, 5.41) is 0. The number of likely N-dealkylation sites (N-methyl/N-ethyl adjacent to an activating group) is 1. The fraction of sp³-hybridized carbons (Fsp3) is 0.500. The van der Waals surface area contributed by atoms with Crippen molar-refractivity contribution >= 4 is 16.9 Å². The van der Waals surface area contributed by atoms with Crippen LogP contribution in [0.4, 0.5) is 0 Å². The predicted octanol–water partition coefficient (Wildman–Crippen LogP) is 2.12. The standard InChI is InChI=1S/C16H22N4O/c1-3-13-10-19(2)7-4-8-20(13)16(21)12-5-6-14-15(9-12)18-11-17-14/h5-6,9,11,13H,3-4,7-8,10H2,1-2H3,(H,17,18). The molecule has 1 N–H and O–H groups in total. The van der Waals surface area contributed by atoms with Crippen molar-refractivity contribution in [2.24, 2.45) is 0 Å². The molecule has 112 valence electrons. The minimum absolute atomic E-state index is 0.133. The van der Waals surface area contributed by atoms with Gasteiger partial charge in [0, 0.05) is 24.7 Å². The molecular weight excluding hydrogens is 264 g/mol. The summed E-state index contributed by atoms with van der Waals surface area (Å²) in [6.07, 6.45) is 3.68. The Bertz CT molecular complexity index is 636. The summed E-state index contributed by atoms with van der Waals surface area (Å²) in [6, 6.07) is 5.99. The second-order valence-corrected chi connectivity index (χ2v) is 5.81. The molecule has 5 nitrogen and oxygen atoms in total. The van der Waals surface area contributed by atoms with Gasteiger partial charge in [0.1, 0.15) is 0 Å². The van der Waals surface area contributed by atoms with Crippen molar-refractivity contribution in [3.63, 3.8) is 0 Å². The number of rotatable bonds is 2. The van der Waals surface area contributed by atoms with Crippen LogP contribution in [0, 0.1) is 0 Å². The van der Waals surface area contributed by atoms with Crippen LogP contribution in [0.5, 0.6) is 0 Å². The minimum Gasteiger partial charge on any atom is -0.345 e. The van der Waals surface area contributed by atoms with E-state index in [1.807, 2.05) is 23.1 Å². The van der Waals surface area contributed by atoms with Gasteiger partial charge in [-0.2, -0.15) is 0 Å². The van der Waals surface area contributed by atoms with Crippen LogP contribution in [0.25, 0.3) is 11.0 Å². The number of H-pyrrole nitrogens is 1. The van der Waals surface area contributed by atoms with Crippen LogP contribution in [-0.2, 0) is 0 Å². The van der Waals surface area contributed by atoms with Gasteiger partial charge in [-0.1, -0.05) is 6.92 Å². The maximum absolute atomic E-state index is 12.9. The van der Waals surface area contributed by atoms with Gasteiger partial charge >= 0.3 is 0 Å². The quantitative estimate of drug-likeness (QED) is 0.920. The van der Waals surface area contributed by atoms with Crippen LogP contribution in [0.15, 0.2) is 24.5 Å². The molecule has 2 aromatic rings. The molecule has 0 saturated carbocycles. The van der Waals surface area contributed by atoms with Gasteiger partial charge in [0.15, 0.2) is 0 Å². The Balaban J connectivity index is 1.87. The van der Waals surface area contributed by atoms with Crippen molar-refractivity contribution < 1.29 is 4.79 Å². The normalized spacial score (nSPS) is 20.7. The van der Waals surface area contributed by atoms with Gasteiger partial charge in [0.2, 0.25) is 0 Å². The molecule has 1 atom stereocenters. The number of nitrogens with one attached hydrogen (secondary N) is 1. The maximum atomic E-state index is 12.9. The Hall–Kier alpha value is -1.88. The number of fused-ring (bicyclic) bond motifs is 1. The van der Waals surface area contributed by atoms with Gasteiger partial charge in [-0.15, -0.1) is 0 Å². The number of amides is 1. The van der Waals surface area contributed by atoms with Gasteiger partial charge in [-0.25, -0.2) is 4.98 Å². The van der Waals surface area contributed by atoms with Crippen molar-refractivity contribution in [1.29, 1.82) is 0 Å². The third-order valence-electron chi connectivity index (χ3n) is 4.30. The molecule has 21 heavy (non-hydrogen) atoms. The van der Waals surface area contributed by atoms with Crippen LogP contribution < -0.4 is 0 Å². The number of nitrogens with zero attached hydrogens (tertiary/aromatic N) is 3. The lowest BCUT2D eigenvalue weighted by molar-refractivity contribution is 0.0676. The molecule has 1 fully saturated rings. The van der Waals surface area contributed by atoms with Crippen molar-refractivity contribution in [2.45, 2.75) is 25.8 Å². The first-order chi connectivity index (χ1) is 10.2. The van der Waals surface area contributed by atoms with Crippen LogP contribution in [0.2, 0.25) is 0 Å². The van der Waals surface area contributed by atoms with E-state index in [1.54, 1.807) is 6.33 Å². The first kappa shape index (κ1) is 14.1. The number of aromatic amines is 1. The zero-order valence-corrected chi connectivity index (χ0v) is 12.7. The third kappa shape index (κ3) is 2.78. The average Bonchev–Trinajstić information content (AvgIpc) is 2.88. The molecule has 1 saturated heterocycles. The summed E-state index contributed by atoms with van der Waals surface area (Å²) < 4.78 is 0. The van der Waals surface area contributed by atoms with Crippen molar-refractivity contribution in [3.8, 4) is 0 Å². The molecule has 0 spiro atoms. The van der Waals surface area contributed by atoms with Crippen LogP contribution in [0.1, 0.15) is 30.1 Å². The van der Waals surface area contributed by atoms with E-state index in [2.05, 4.69) is 28.8 Å². The molecule has 2 heterocycles. The van der Waals surface area contributed by atoms with Crippen molar-refractivity contribution in [3.05, 3.63) is 30.1 Å². The monoisotopic (exact) mass is 286 g/mol. The van der Waals surface area contributed by atoms with Gasteiger partial charge in [0.25, 0.3) is 5.91 Å². The summed E-state index contributed by atoms with van der Waals surface area (Å²) in [4.78, 5) is 24.5. The third-order valence-corrected chi connectivity index (χ3v) is 4.30. The molecule has 1 amide bonds. The van der Waals surface area contributed by atoms with Gasteiger partial charge in [-0.3, -0.25) is 4.79 Å². The van der Waals surface area contributed by atoms with E-state index in [1.165, 1.54) is 0 Å². The van der Waals surface area contributed by atoms with Crippen LogP contribution >= 0.6 is 0 Å². The van der Waals surface area contributed by atoms with E-state index in [-0.39, 0.29) is 5.91 Å². The zero-order valence-electron chi connectivity index (χ0n) is 12.7. The molecule has 1 aromatic heterocycles. The molecule has 0 radical (unpaired) electrons. The highest BCUT2D eigenvalue weighted by atomic mass is 16.2.